The highest BCUT2D eigenvalue weighted by molar-refractivity contribution is 6.16. The minimum atomic E-state index is 0. The molecule has 1 N–H and O–H groups in total. The van der Waals surface area contributed by atoms with Crippen molar-refractivity contribution in [3.8, 4) is 0 Å². The van der Waals surface area contributed by atoms with E-state index >= 15 is 0 Å². The second-order valence-electron chi connectivity index (χ2n) is 4.04. The van der Waals surface area contributed by atoms with Crippen molar-refractivity contribution in [1.29, 1.82) is 0 Å². The summed E-state index contributed by atoms with van der Waals surface area (Å²) in [5.41, 5.74) is 2.12. The van der Waals surface area contributed by atoms with Crippen molar-refractivity contribution in [3.05, 3.63) is 17.2 Å². The van der Waals surface area contributed by atoms with E-state index in [1.54, 1.807) is 0 Å². The number of hydrogen-bond acceptors (Lipinski definition) is 1. The lowest BCUT2D eigenvalue weighted by Gasteiger charge is -2.13. The molecule has 2 nitrogen and oxygen atoms in total. The molecule has 0 aromatic carbocycles. The zero-order valence-corrected chi connectivity index (χ0v) is 10.0. The van der Waals surface area contributed by atoms with Gasteiger partial charge in [0, 0.05) is 11.1 Å². The largest absolute Gasteiger partial charge is 0.345 e. The van der Waals surface area contributed by atoms with Crippen LogP contribution in [0.5, 0.6) is 0 Å². The molecule has 76 valence electrons. The lowest BCUT2D eigenvalue weighted by molar-refractivity contribution is 0.551. The van der Waals surface area contributed by atoms with Gasteiger partial charge in [-0.2, -0.15) is 0 Å². The molecule has 0 atom stereocenters. The van der Waals surface area contributed by atoms with E-state index in [1.165, 1.54) is 0 Å². The SMILES string of the molecule is Cc1[nH]c(C(C)(C)C)nc1CCl.Cl. The maximum Gasteiger partial charge on any atom is 0.112 e. The van der Waals surface area contributed by atoms with Crippen molar-refractivity contribution >= 4 is 24.0 Å². The summed E-state index contributed by atoms with van der Waals surface area (Å²) in [6.07, 6.45) is 0. The van der Waals surface area contributed by atoms with Crippen molar-refractivity contribution in [1.82, 2.24) is 9.97 Å². The third kappa shape index (κ3) is 2.89. The van der Waals surface area contributed by atoms with Crippen LogP contribution in [-0.2, 0) is 11.3 Å². The molecule has 13 heavy (non-hydrogen) atoms. The fourth-order valence-corrected chi connectivity index (χ4v) is 1.24. The van der Waals surface area contributed by atoms with Gasteiger partial charge in [-0.1, -0.05) is 20.8 Å². The van der Waals surface area contributed by atoms with Crippen molar-refractivity contribution in [2.24, 2.45) is 0 Å². The van der Waals surface area contributed by atoms with Crippen molar-refractivity contribution in [2.75, 3.05) is 0 Å². The number of alkyl halides is 1. The summed E-state index contributed by atoms with van der Waals surface area (Å²) in [6, 6.07) is 0. The molecule has 0 aliphatic carbocycles. The van der Waals surface area contributed by atoms with Gasteiger partial charge < -0.3 is 4.98 Å². The summed E-state index contributed by atoms with van der Waals surface area (Å²) < 4.78 is 0. The molecule has 1 aromatic heterocycles. The molecule has 0 saturated heterocycles. The van der Waals surface area contributed by atoms with Gasteiger partial charge in [0.1, 0.15) is 5.82 Å². The number of aromatic nitrogens is 2. The molecule has 0 bridgehead atoms. The van der Waals surface area contributed by atoms with E-state index in [1.807, 2.05) is 6.92 Å². The van der Waals surface area contributed by atoms with Crippen LogP contribution in [0.2, 0.25) is 0 Å². The third-order valence-electron chi connectivity index (χ3n) is 1.82. The van der Waals surface area contributed by atoms with Gasteiger partial charge in [-0.25, -0.2) is 4.98 Å². The Morgan fingerprint density at radius 3 is 2.15 bits per heavy atom. The summed E-state index contributed by atoms with van der Waals surface area (Å²) in [5, 5.41) is 0. The summed E-state index contributed by atoms with van der Waals surface area (Å²) >= 11 is 5.71. The molecule has 0 amide bonds. The second kappa shape index (κ2) is 4.34. The first-order valence-corrected chi connectivity index (χ1v) is 4.60. The molecule has 0 unspecified atom stereocenters. The Hall–Kier alpha value is -0.210. The molecule has 0 fully saturated rings. The predicted octanol–water partition coefficient (Wildman–Crippen LogP) is 3.18. The van der Waals surface area contributed by atoms with Gasteiger partial charge in [-0.05, 0) is 6.92 Å². The highest BCUT2D eigenvalue weighted by Gasteiger charge is 2.18. The second-order valence-corrected chi connectivity index (χ2v) is 4.31. The van der Waals surface area contributed by atoms with E-state index < -0.39 is 0 Å². The van der Waals surface area contributed by atoms with Crippen LogP contribution >= 0.6 is 24.0 Å². The molecule has 1 rings (SSSR count). The fraction of sp³-hybridized carbons (Fsp3) is 0.667. The number of imidazole rings is 1. The molecule has 0 aliphatic heterocycles. The Bertz CT molecular complexity index is 274. The van der Waals surface area contributed by atoms with Gasteiger partial charge in [0.25, 0.3) is 0 Å². The molecule has 1 heterocycles. The Morgan fingerprint density at radius 2 is 1.92 bits per heavy atom. The predicted molar refractivity (Wildman–Crippen MR) is 58.8 cm³/mol. The minimum absolute atomic E-state index is 0. The number of hydrogen-bond donors (Lipinski definition) is 1. The quantitative estimate of drug-likeness (QED) is 0.728. The standard InChI is InChI=1S/C9H15ClN2.ClH/c1-6-7(5-10)12-8(11-6)9(2,3)4;/h5H2,1-4H3,(H,11,12);1H. The minimum Gasteiger partial charge on any atom is -0.345 e. The zero-order valence-electron chi connectivity index (χ0n) is 8.44. The number of aryl methyl sites for hydroxylation is 1. The highest BCUT2D eigenvalue weighted by atomic mass is 35.5. The molecular weight excluding hydrogens is 207 g/mol. The van der Waals surface area contributed by atoms with Gasteiger partial charge >= 0.3 is 0 Å². The number of H-pyrrole nitrogens is 1. The van der Waals surface area contributed by atoms with Gasteiger partial charge in [0.05, 0.1) is 11.6 Å². The molecule has 1 aromatic rings. The van der Waals surface area contributed by atoms with Crippen molar-refractivity contribution < 1.29 is 0 Å². The molecule has 0 spiro atoms. The smallest absolute Gasteiger partial charge is 0.112 e. The van der Waals surface area contributed by atoms with Crippen LogP contribution in [0.4, 0.5) is 0 Å². The average Bonchev–Trinajstić information content (AvgIpc) is 2.29. The van der Waals surface area contributed by atoms with E-state index in [9.17, 15) is 0 Å². The van der Waals surface area contributed by atoms with Crippen LogP contribution in [0.1, 0.15) is 38.0 Å². The molecule has 4 heteroatoms. The normalized spacial score (nSPS) is 11.2. The summed E-state index contributed by atoms with van der Waals surface area (Å²) in [6.45, 7) is 8.38. The van der Waals surface area contributed by atoms with E-state index in [2.05, 4.69) is 30.7 Å². The van der Waals surface area contributed by atoms with Crippen molar-refractivity contribution in [2.45, 2.75) is 39.0 Å². The van der Waals surface area contributed by atoms with Crippen LogP contribution in [-0.4, -0.2) is 9.97 Å². The topological polar surface area (TPSA) is 28.7 Å². The first-order valence-electron chi connectivity index (χ1n) is 4.07. The summed E-state index contributed by atoms with van der Waals surface area (Å²) in [5.74, 6) is 1.49. The Balaban J connectivity index is 0.00000144. The van der Waals surface area contributed by atoms with Crippen LogP contribution in [0.3, 0.4) is 0 Å². The summed E-state index contributed by atoms with van der Waals surface area (Å²) in [7, 11) is 0. The van der Waals surface area contributed by atoms with Crippen LogP contribution < -0.4 is 0 Å². The molecule has 0 radical (unpaired) electrons. The molecule has 0 aliphatic rings. The Kier molecular flexibility index (Phi) is 4.27. The number of rotatable bonds is 1. The number of halogens is 2. The van der Waals surface area contributed by atoms with Crippen LogP contribution in [0.15, 0.2) is 0 Å². The molecular formula is C9H16Cl2N2. The average molecular weight is 223 g/mol. The lowest BCUT2D eigenvalue weighted by atomic mass is 9.96. The fourth-order valence-electron chi connectivity index (χ4n) is 0.982. The lowest BCUT2D eigenvalue weighted by Crippen LogP contribution is -2.13. The number of nitrogens with one attached hydrogen (secondary N) is 1. The first kappa shape index (κ1) is 12.8. The van der Waals surface area contributed by atoms with Crippen LogP contribution in [0.25, 0.3) is 0 Å². The van der Waals surface area contributed by atoms with E-state index in [0.717, 1.165) is 17.2 Å². The zero-order chi connectivity index (χ0) is 9.35. The van der Waals surface area contributed by atoms with E-state index in [0.29, 0.717) is 5.88 Å². The summed E-state index contributed by atoms with van der Waals surface area (Å²) in [4.78, 5) is 7.65. The number of aromatic amines is 1. The van der Waals surface area contributed by atoms with Gasteiger partial charge in [-0.15, -0.1) is 24.0 Å². The van der Waals surface area contributed by atoms with Gasteiger partial charge in [0.2, 0.25) is 0 Å². The highest BCUT2D eigenvalue weighted by Crippen LogP contribution is 2.20. The monoisotopic (exact) mass is 222 g/mol. The van der Waals surface area contributed by atoms with E-state index in [4.69, 9.17) is 11.6 Å². The van der Waals surface area contributed by atoms with Crippen LogP contribution in [0, 0.1) is 6.92 Å². The van der Waals surface area contributed by atoms with Crippen molar-refractivity contribution in [3.63, 3.8) is 0 Å². The van der Waals surface area contributed by atoms with E-state index in [-0.39, 0.29) is 17.8 Å². The number of nitrogens with zero attached hydrogens (tertiary/aromatic N) is 1. The third-order valence-corrected chi connectivity index (χ3v) is 2.08. The Morgan fingerprint density at radius 1 is 1.38 bits per heavy atom. The van der Waals surface area contributed by atoms with Gasteiger partial charge in [0.15, 0.2) is 0 Å². The Labute approximate surface area is 90.5 Å². The van der Waals surface area contributed by atoms with Gasteiger partial charge in [-0.3, -0.25) is 0 Å². The first-order chi connectivity index (χ1) is 5.45. The maximum absolute atomic E-state index is 5.71. The maximum atomic E-state index is 5.71. The molecule has 0 saturated carbocycles.